The summed E-state index contributed by atoms with van der Waals surface area (Å²) in [5.41, 5.74) is 0.421. The van der Waals surface area contributed by atoms with Crippen LogP contribution in [0.4, 0.5) is 14.9 Å². The molecule has 0 spiro atoms. The summed E-state index contributed by atoms with van der Waals surface area (Å²) in [5, 5.41) is 2.51. The molecule has 0 aliphatic heterocycles. The number of halogens is 2. The molecule has 16 heavy (non-hydrogen) atoms. The average molecular weight is 240 g/mol. The molecule has 6 heteroatoms. The van der Waals surface area contributed by atoms with Crippen molar-refractivity contribution in [3.8, 4) is 0 Å². The smallest absolute Gasteiger partial charge is 0.307 e. The molecule has 2 rings (SSSR count). The second-order valence-corrected chi connectivity index (χ2v) is 3.44. The van der Waals surface area contributed by atoms with Crippen LogP contribution in [0.25, 0.3) is 0 Å². The van der Waals surface area contributed by atoms with Crippen LogP contribution in [-0.2, 0) is 0 Å². The van der Waals surface area contributed by atoms with Gasteiger partial charge in [-0.2, -0.15) is 0 Å². The second-order valence-electron chi connectivity index (χ2n) is 3.03. The third-order valence-electron chi connectivity index (χ3n) is 1.91. The van der Waals surface area contributed by atoms with E-state index in [1.807, 2.05) is 0 Å². The summed E-state index contributed by atoms with van der Waals surface area (Å²) in [5.74, 6) is -0.526. The summed E-state index contributed by atoms with van der Waals surface area (Å²) in [7, 11) is 0. The monoisotopic (exact) mass is 239 g/mol. The lowest BCUT2D eigenvalue weighted by Crippen LogP contribution is -2.17. The van der Waals surface area contributed by atoms with Gasteiger partial charge >= 0.3 is 6.03 Å². The molecule has 1 aromatic heterocycles. The Balaban J connectivity index is 2.15. The van der Waals surface area contributed by atoms with Crippen molar-refractivity contribution < 1.29 is 9.18 Å². The summed E-state index contributed by atoms with van der Waals surface area (Å²) in [4.78, 5) is 15.3. The molecule has 0 aliphatic rings. The highest BCUT2D eigenvalue weighted by molar-refractivity contribution is 6.31. The highest BCUT2D eigenvalue weighted by Gasteiger charge is 2.06. The minimum absolute atomic E-state index is 0.0385. The number of carbonyl (C=O) groups excluding carboxylic acids is 1. The zero-order valence-electron chi connectivity index (χ0n) is 8.02. The van der Waals surface area contributed by atoms with Crippen LogP contribution in [0.1, 0.15) is 0 Å². The molecular weight excluding hydrogens is 233 g/mol. The van der Waals surface area contributed by atoms with E-state index in [-0.39, 0.29) is 11.1 Å². The Bertz CT molecular complexity index is 513. The lowest BCUT2D eigenvalue weighted by molar-refractivity contribution is 0.253. The van der Waals surface area contributed by atoms with Crippen molar-refractivity contribution in [3.05, 3.63) is 47.8 Å². The van der Waals surface area contributed by atoms with Crippen LogP contribution in [0.15, 0.2) is 36.9 Å². The first-order chi connectivity index (χ1) is 7.66. The number of imidazole rings is 1. The SMILES string of the molecule is O=C(Nc1ccc(F)c(Cl)c1)n1ccnc1. The Labute approximate surface area is 95.7 Å². The Hall–Kier alpha value is -1.88. The summed E-state index contributed by atoms with van der Waals surface area (Å²) < 4.78 is 14.1. The Morgan fingerprint density at radius 2 is 2.31 bits per heavy atom. The normalized spacial score (nSPS) is 10.1. The third kappa shape index (κ3) is 2.20. The van der Waals surface area contributed by atoms with Crippen molar-refractivity contribution in [1.29, 1.82) is 0 Å². The van der Waals surface area contributed by atoms with Gasteiger partial charge < -0.3 is 5.32 Å². The topological polar surface area (TPSA) is 46.9 Å². The molecule has 0 unspecified atom stereocenters. The number of amides is 1. The van der Waals surface area contributed by atoms with Gasteiger partial charge in [-0.25, -0.2) is 14.2 Å². The molecule has 1 N–H and O–H groups in total. The van der Waals surface area contributed by atoms with E-state index in [4.69, 9.17) is 11.6 Å². The first-order valence-corrected chi connectivity index (χ1v) is 4.79. The lowest BCUT2D eigenvalue weighted by Gasteiger charge is -2.05. The molecule has 1 heterocycles. The van der Waals surface area contributed by atoms with Crippen molar-refractivity contribution in [1.82, 2.24) is 9.55 Å². The quantitative estimate of drug-likeness (QED) is 0.832. The van der Waals surface area contributed by atoms with E-state index in [0.717, 1.165) is 0 Å². The highest BCUT2D eigenvalue weighted by atomic mass is 35.5. The van der Waals surface area contributed by atoms with Crippen molar-refractivity contribution in [3.63, 3.8) is 0 Å². The fourth-order valence-corrected chi connectivity index (χ4v) is 1.32. The summed E-state index contributed by atoms with van der Waals surface area (Å²) in [6, 6.07) is 3.56. The molecular formula is C10H7ClFN3O. The van der Waals surface area contributed by atoms with Crippen LogP contribution in [0.3, 0.4) is 0 Å². The summed E-state index contributed by atoms with van der Waals surface area (Å²) in [6.45, 7) is 0. The maximum Gasteiger partial charge on any atom is 0.331 e. The van der Waals surface area contributed by atoms with Crippen molar-refractivity contribution >= 4 is 23.3 Å². The average Bonchev–Trinajstić information content (AvgIpc) is 2.77. The number of anilines is 1. The minimum atomic E-state index is -0.526. The zero-order chi connectivity index (χ0) is 11.5. The number of hydrogen-bond donors (Lipinski definition) is 1. The van der Waals surface area contributed by atoms with Gasteiger partial charge in [0.2, 0.25) is 0 Å². The molecule has 4 nitrogen and oxygen atoms in total. The fourth-order valence-electron chi connectivity index (χ4n) is 1.14. The summed E-state index contributed by atoms with van der Waals surface area (Å²) in [6.07, 6.45) is 4.35. The van der Waals surface area contributed by atoms with Gasteiger partial charge in [0.25, 0.3) is 0 Å². The number of rotatable bonds is 1. The molecule has 1 amide bonds. The number of hydrogen-bond acceptors (Lipinski definition) is 2. The van der Waals surface area contributed by atoms with Crippen LogP contribution < -0.4 is 5.32 Å². The van der Waals surface area contributed by atoms with Crippen LogP contribution in [0.2, 0.25) is 5.02 Å². The van der Waals surface area contributed by atoms with Gasteiger partial charge in [-0.15, -0.1) is 0 Å². The number of benzene rings is 1. The predicted octanol–water partition coefficient (Wildman–Crippen LogP) is 2.76. The van der Waals surface area contributed by atoms with Crippen LogP contribution in [-0.4, -0.2) is 15.6 Å². The maximum absolute atomic E-state index is 12.8. The zero-order valence-corrected chi connectivity index (χ0v) is 8.78. The second kappa shape index (κ2) is 4.32. The van der Waals surface area contributed by atoms with E-state index in [1.54, 1.807) is 0 Å². The number of nitrogens with zero attached hydrogens (tertiary/aromatic N) is 2. The number of aromatic nitrogens is 2. The highest BCUT2D eigenvalue weighted by Crippen LogP contribution is 2.19. The van der Waals surface area contributed by atoms with E-state index in [1.165, 1.54) is 41.5 Å². The van der Waals surface area contributed by atoms with E-state index in [9.17, 15) is 9.18 Å². The van der Waals surface area contributed by atoms with Gasteiger partial charge in [-0.3, -0.25) is 4.57 Å². The van der Waals surface area contributed by atoms with Gasteiger partial charge in [0.1, 0.15) is 12.1 Å². The van der Waals surface area contributed by atoms with Crippen LogP contribution >= 0.6 is 11.6 Å². The van der Waals surface area contributed by atoms with E-state index in [0.29, 0.717) is 5.69 Å². The molecule has 0 radical (unpaired) electrons. The van der Waals surface area contributed by atoms with Gasteiger partial charge in [-0.1, -0.05) is 11.6 Å². The minimum Gasteiger partial charge on any atom is -0.307 e. The Morgan fingerprint density at radius 3 is 2.94 bits per heavy atom. The molecule has 82 valence electrons. The summed E-state index contributed by atoms with van der Waals surface area (Å²) >= 11 is 5.58. The van der Waals surface area contributed by atoms with Crippen LogP contribution in [0, 0.1) is 5.82 Å². The molecule has 0 saturated carbocycles. The number of nitrogens with one attached hydrogen (secondary N) is 1. The Morgan fingerprint density at radius 1 is 1.50 bits per heavy atom. The molecule has 0 saturated heterocycles. The molecule has 0 atom stereocenters. The van der Waals surface area contributed by atoms with Gasteiger partial charge in [0, 0.05) is 18.1 Å². The molecule has 1 aromatic carbocycles. The molecule has 0 aliphatic carbocycles. The van der Waals surface area contributed by atoms with Crippen LogP contribution in [0.5, 0.6) is 0 Å². The first kappa shape index (κ1) is 10.6. The van der Waals surface area contributed by atoms with Gasteiger partial charge in [-0.05, 0) is 18.2 Å². The van der Waals surface area contributed by atoms with E-state index >= 15 is 0 Å². The van der Waals surface area contributed by atoms with Crippen molar-refractivity contribution in [2.24, 2.45) is 0 Å². The van der Waals surface area contributed by atoms with E-state index < -0.39 is 5.82 Å². The molecule has 2 aromatic rings. The number of carbonyl (C=O) groups is 1. The third-order valence-corrected chi connectivity index (χ3v) is 2.20. The Kier molecular flexibility index (Phi) is 2.87. The maximum atomic E-state index is 12.8. The predicted molar refractivity (Wildman–Crippen MR) is 58.1 cm³/mol. The molecule has 0 bridgehead atoms. The fraction of sp³-hybridized carbons (Fsp3) is 0. The molecule has 0 fully saturated rings. The van der Waals surface area contributed by atoms with Crippen molar-refractivity contribution in [2.75, 3.05) is 5.32 Å². The standard InChI is InChI=1S/C10H7ClFN3O/c11-8-5-7(1-2-9(8)12)14-10(16)15-4-3-13-6-15/h1-6H,(H,14,16). The lowest BCUT2D eigenvalue weighted by atomic mass is 10.3. The first-order valence-electron chi connectivity index (χ1n) is 4.41. The van der Waals surface area contributed by atoms with Crippen molar-refractivity contribution in [2.45, 2.75) is 0 Å². The van der Waals surface area contributed by atoms with Gasteiger partial charge in [0.05, 0.1) is 5.02 Å². The van der Waals surface area contributed by atoms with Gasteiger partial charge in [0.15, 0.2) is 0 Å². The largest absolute Gasteiger partial charge is 0.331 e. The van der Waals surface area contributed by atoms with E-state index in [2.05, 4.69) is 10.3 Å².